The van der Waals surface area contributed by atoms with Crippen LogP contribution in [0.4, 0.5) is 16.2 Å². The molecule has 0 aromatic heterocycles. The fraction of sp³-hybridized carbons (Fsp3) is 0.385. The molecule has 0 saturated carbocycles. The van der Waals surface area contributed by atoms with Crippen molar-refractivity contribution in [3.8, 4) is 5.75 Å². The lowest BCUT2D eigenvalue weighted by Crippen LogP contribution is -2.45. The Morgan fingerprint density at radius 2 is 1.88 bits per heavy atom. The Morgan fingerprint density at radius 3 is 2.56 bits per heavy atom. The van der Waals surface area contributed by atoms with Gasteiger partial charge in [-0.25, -0.2) is 4.79 Å². The average Bonchev–Trinajstić information content (AvgIpc) is 2.91. The second-order valence-electron chi connectivity index (χ2n) is 9.25. The maximum Gasteiger partial charge on any atom is 0.322 e. The van der Waals surface area contributed by atoms with Gasteiger partial charge in [0.25, 0.3) is 0 Å². The van der Waals surface area contributed by atoms with Crippen molar-refractivity contribution in [1.29, 1.82) is 0 Å². The van der Waals surface area contributed by atoms with Crippen molar-refractivity contribution in [1.82, 2.24) is 5.32 Å². The van der Waals surface area contributed by atoms with Crippen molar-refractivity contribution in [2.24, 2.45) is 5.41 Å². The number of benzene rings is 2. The number of hydrogen-bond donors (Lipinski definition) is 2. The highest BCUT2D eigenvalue weighted by Gasteiger charge is 2.43. The predicted octanol–water partition coefficient (Wildman–Crippen LogP) is 5.43. The number of urea groups is 1. The van der Waals surface area contributed by atoms with E-state index in [0.29, 0.717) is 18.5 Å². The summed E-state index contributed by atoms with van der Waals surface area (Å²) in [5.74, 6) is 0.804. The van der Waals surface area contributed by atoms with E-state index in [1.807, 2.05) is 55.5 Å². The molecule has 2 N–H and O–H groups in total. The summed E-state index contributed by atoms with van der Waals surface area (Å²) >= 11 is 0. The van der Waals surface area contributed by atoms with E-state index in [-0.39, 0.29) is 17.2 Å². The molecule has 32 heavy (non-hydrogen) atoms. The summed E-state index contributed by atoms with van der Waals surface area (Å²) in [4.78, 5) is 28.8. The Hall–Kier alpha value is -3.28. The number of amides is 2. The number of hydrogen-bond acceptors (Lipinski definition) is 4. The molecule has 2 aromatic carbocycles. The number of Topliss-reactive ketones (excluding diaryl/α,β-unsaturated/α-hetero) is 1. The van der Waals surface area contributed by atoms with Crippen LogP contribution < -0.4 is 20.3 Å². The van der Waals surface area contributed by atoms with E-state index >= 15 is 0 Å². The number of fused-ring (bicyclic) bond motifs is 1. The van der Waals surface area contributed by atoms with E-state index in [1.165, 1.54) is 0 Å². The highest BCUT2D eigenvalue weighted by Crippen LogP contribution is 2.48. The van der Waals surface area contributed by atoms with Gasteiger partial charge < -0.3 is 15.4 Å². The molecular weight excluding hydrogens is 402 g/mol. The van der Waals surface area contributed by atoms with Gasteiger partial charge in [0.05, 0.1) is 24.5 Å². The minimum absolute atomic E-state index is 0.0747. The Morgan fingerprint density at radius 1 is 1.16 bits per heavy atom. The molecule has 2 aromatic rings. The number of ketones is 1. The highest BCUT2D eigenvalue weighted by molar-refractivity contribution is 6.06. The van der Waals surface area contributed by atoms with Crippen LogP contribution in [0.2, 0.25) is 0 Å². The van der Waals surface area contributed by atoms with Crippen LogP contribution in [0.5, 0.6) is 5.75 Å². The average molecular weight is 434 g/mol. The van der Waals surface area contributed by atoms with Crippen LogP contribution in [0.3, 0.4) is 0 Å². The van der Waals surface area contributed by atoms with Gasteiger partial charge >= 0.3 is 6.03 Å². The van der Waals surface area contributed by atoms with Crippen molar-refractivity contribution in [2.45, 2.75) is 46.1 Å². The summed E-state index contributed by atoms with van der Waals surface area (Å²) in [6.45, 7) is 6.81. The number of nitrogens with one attached hydrogen (secondary N) is 2. The van der Waals surface area contributed by atoms with Gasteiger partial charge in [0.2, 0.25) is 0 Å². The molecule has 168 valence electrons. The summed E-state index contributed by atoms with van der Waals surface area (Å²) in [6, 6.07) is 14.6. The third kappa shape index (κ3) is 4.09. The van der Waals surface area contributed by atoms with Crippen LogP contribution in [0.15, 0.2) is 59.8 Å². The van der Waals surface area contributed by atoms with Gasteiger partial charge in [-0.3, -0.25) is 9.69 Å². The van der Waals surface area contributed by atoms with Crippen molar-refractivity contribution < 1.29 is 14.3 Å². The molecule has 2 aliphatic rings. The van der Waals surface area contributed by atoms with E-state index in [0.717, 1.165) is 41.2 Å². The molecular formula is C26H31N3O3. The quantitative estimate of drug-likeness (QED) is 0.674. The van der Waals surface area contributed by atoms with Gasteiger partial charge in [0.1, 0.15) is 5.75 Å². The van der Waals surface area contributed by atoms with Crippen LogP contribution in [-0.4, -0.2) is 25.5 Å². The molecule has 1 heterocycles. The standard InChI is InChI=1S/C26H31N3O3/c1-5-14-27-25(31)29-21-9-7-6-8-19(21)28-20-15-26(2,3)16-22(30)23(20)24(29)17-10-12-18(32-4)13-11-17/h6-13,24,28H,5,14-16H2,1-4H3,(H,27,31)/t24-/m0/s1. The number of rotatable bonds is 4. The Bertz CT molecular complexity index is 1060. The number of para-hydroxylation sites is 2. The number of allylic oxidation sites excluding steroid dienone is 1. The third-order valence-corrected chi connectivity index (χ3v) is 6.08. The Balaban J connectivity index is 1.95. The molecule has 0 bridgehead atoms. The first kappa shape index (κ1) is 21.9. The molecule has 0 radical (unpaired) electrons. The van der Waals surface area contributed by atoms with Crippen molar-refractivity contribution in [2.75, 3.05) is 23.9 Å². The van der Waals surface area contributed by atoms with Crippen LogP contribution >= 0.6 is 0 Å². The number of nitrogens with zero attached hydrogens (tertiary/aromatic N) is 1. The first-order chi connectivity index (χ1) is 15.3. The minimum atomic E-state index is -0.535. The molecule has 2 amide bonds. The summed E-state index contributed by atoms with van der Waals surface area (Å²) < 4.78 is 5.34. The largest absolute Gasteiger partial charge is 0.497 e. The number of carbonyl (C=O) groups excluding carboxylic acids is 2. The van der Waals surface area contributed by atoms with Crippen LogP contribution in [0.25, 0.3) is 0 Å². The van der Waals surface area contributed by atoms with Gasteiger partial charge in [-0.05, 0) is 48.1 Å². The summed E-state index contributed by atoms with van der Waals surface area (Å²) in [5.41, 5.74) is 3.86. The third-order valence-electron chi connectivity index (χ3n) is 6.08. The second-order valence-corrected chi connectivity index (χ2v) is 9.25. The Labute approximate surface area is 189 Å². The maximum absolute atomic E-state index is 13.6. The lowest BCUT2D eigenvalue weighted by Gasteiger charge is -2.37. The lowest BCUT2D eigenvalue weighted by atomic mass is 9.73. The van der Waals surface area contributed by atoms with Crippen molar-refractivity contribution in [3.63, 3.8) is 0 Å². The minimum Gasteiger partial charge on any atom is -0.497 e. The van der Waals surface area contributed by atoms with E-state index in [9.17, 15) is 9.59 Å². The first-order valence-electron chi connectivity index (χ1n) is 11.2. The fourth-order valence-electron chi connectivity index (χ4n) is 4.63. The van der Waals surface area contributed by atoms with Crippen LogP contribution in [0.1, 0.15) is 51.6 Å². The normalized spacial score (nSPS) is 19.4. The van der Waals surface area contributed by atoms with Gasteiger partial charge in [-0.15, -0.1) is 0 Å². The molecule has 0 unspecified atom stereocenters. The highest BCUT2D eigenvalue weighted by atomic mass is 16.5. The Kier molecular flexibility index (Phi) is 5.96. The maximum atomic E-state index is 13.6. The zero-order chi connectivity index (χ0) is 22.9. The van der Waals surface area contributed by atoms with E-state index in [1.54, 1.807) is 12.0 Å². The van der Waals surface area contributed by atoms with Crippen LogP contribution in [0, 0.1) is 5.41 Å². The second kappa shape index (κ2) is 8.69. The molecule has 1 aliphatic heterocycles. The van der Waals surface area contributed by atoms with E-state index in [4.69, 9.17) is 4.74 Å². The molecule has 0 spiro atoms. The van der Waals surface area contributed by atoms with E-state index < -0.39 is 6.04 Å². The lowest BCUT2D eigenvalue weighted by molar-refractivity contribution is -0.118. The molecule has 1 aliphatic carbocycles. The zero-order valence-electron chi connectivity index (χ0n) is 19.2. The summed E-state index contributed by atoms with van der Waals surface area (Å²) in [6.07, 6.45) is 2.01. The zero-order valence-corrected chi connectivity index (χ0v) is 19.2. The predicted molar refractivity (Wildman–Crippen MR) is 127 cm³/mol. The monoisotopic (exact) mass is 433 g/mol. The summed E-state index contributed by atoms with van der Waals surface area (Å²) in [7, 11) is 1.62. The summed E-state index contributed by atoms with van der Waals surface area (Å²) in [5, 5.41) is 6.54. The number of methoxy groups -OCH3 is 1. The van der Waals surface area contributed by atoms with Gasteiger partial charge in [-0.2, -0.15) is 0 Å². The molecule has 0 saturated heterocycles. The molecule has 0 fully saturated rings. The number of ether oxygens (including phenoxy) is 1. The van der Waals surface area contributed by atoms with Crippen LogP contribution in [-0.2, 0) is 4.79 Å². The number of carbonyl (C=O) groups is 2. The smallest absolute Gasteiger partial charge is 0.322 e. The number of anilines is 2. The van der Waals surface area contributed by atoms with E-state index in [2.05, 4.69) is 24.5 Å². The van der Waals surface area contributed by atoms with Crippen molar-refractivity contribution in [3.05, 3.63) is 65.4 Å². The SMILES string of the molecule is CCCNC(=O)N1c2ccccc2NC2=C(C(=O)CC(C)(C)C2)[C@@H]1c1ccc(OC)cc1. The first-order valence-corrected chi connectivity index (χ1v) is 11.2. The molecule has 1 atom stereocenters. The van der Waals surface area contributed by atoms with Gasteiger partial charge in [-0.1, -0.05) is 45.0 Å². The molecule has 6 heteroatoms. The topological polar surface area (TPSA) is 70.7 Å². The molecule has 4 rings (SSSR count). The van der Waals surface area contributed by atoms with Crippen molar-refractivity contribution >= 4 is 23.2 Å². The fourth-order valence-corrected chi connectivity index (χ4v) is 4.63. The van der Waals surface area contributed by atoms with Gasteiger partial charge in [0, 0.05) is 24.2 Å². The van der Waals surface area contributed by atoms with Gasteiger partial charge in [0.15, 0.2) is 5.78 Å². The molecule has 6 nitrogen and oxygen atoms in total.